The van der Waals surface area contributed by atoms with Crippen molar-refractivity contribution in [3.05, 3.63) is 42.7 Å². The summed E-state index contributed by atoms with van der Waals surface area (Å²) in [4.78, 5) is 12.6. The van der Waals surface area contributed by atoms with Crippen LogP contribution in [0.4, 0.5) is 5.69 Å². The number of nitrogens with one attached hydrogen (secondary N) is 2. The number of piperidine rings is 1. The molecule has 0 aliphatic carbocycles. The van der Waals surface area contributed by atoms with Gasteiger partial charge in [-0.25, -0.2) is 4.68 Å². The third-order valence-corrected chi connectivity index (χ3v) is 4.08. The molecule has 2 heterocycles. The molecule has 0 atom stereocenters. The Bertz CT molecular complexity index is 639. The molecule has 0 bridgehead atoms. The van der Waals surface area contributed by atoms with Gasteiger partial charge in [-0.05, 0) is 38.1 Å². The summed E-state index contributed by atoms with van der Waals surface area (Å²) in [5, 5.41) is 10.4. The number of aromatic nitrogens is 2. The number of carbonyl (C=O) groups is 1. The highest BCUT2D eigenvalue weighted by molar-refractivity contribution is 5.97. The third kappa shape index (κ3) is 3.72. The van der Waals surface area contributed by atoms with Gasteiger partial charge in [0.15, 0.2) is 0 Å². The van der Waals surface area contributed by atoms with Gasteiger partial charge in [-0.15, -0.1) is 12.4 Å². The monoisotopic (exact) mass is 336 g/mol. The normalized spacial score (nSPS) is 16.4. The first-order valence-corrected chi connectivity index (χ1v) is 7.41. The van der Waals surface area contributed by atoms with Crippen LogP contribution in [-0.4, -0.2) is 41.5 Å². The minimum atomic E-state index is -0.750. The molecule has 1 aliphatic rings. The van der Waals surface area contributed by atoms with E-state index in [0.717, 1.165) is 18.8 Å². The van der Waals surface area contributed by atoms with Crippen molar-refractivity contribution in [2.75, 3.05) is 25.5 Å². The number of para-hydroxylation sites is 1. The van der Waals surface area contributed by atoms with E-state index in [9.17, 15) is 4.79 Å². The maximum atomic E-state index is 12.6. The molecule has 2 N–H and O–H groups in total. The first-order chi connectivity index (χ1) is 10.7. The second-order valence-corrected chi connectivity index (χ2v) is 5.41. The van der Waals surface area contributed by atoms with E-state index < -0.39 is 5.60 Å². The average Bonchev–Trinajstić information content (AvgIpc) is 3.05. The predicted octanol–water partition coefficient (Wildman–Crippen LogP) is 2.00. The molecule has 1 aromatic carbocycles. The molecule has 6 nitrogen and oxygen atoms in total. The number of halogens is 1. The van der Waals surface area contributed by atoms with Gasteiger partial charge in [0.1, 0.15) is 5.60 Å². The molecule has 1 amide bonds. The van der Waals surface area contributed by atoms with Crippen LogP contribution in [0.2, 0.25) is 0 Å². The molecule has 0 unspecified atom stereocenters. The molecule has 1 aromatic heterocycles. The van der Waals surface area contributed by atoms with Crippen molar-refractivity contribution >= 4 is 24.0 Å². The Kier molecular flexibility index (Phi) is 5.76. The number of rotatable bonds is 4. The zero-order chi connectivity index (χ0) is 15.4. The largest absolute Gasteiger partial charge is 0.368 e. The molecule has 0 saturated carbocycles. The van der Waals surface area contributed by atoms with Crippen molar-refractivity contribution in [1.29, 1.82) is 0 Å². The zero-order valence-corrected chi connectivity index (χ0v) is 13.8. The van der Waals surface area contributed by atoms with Crippen molar-refractivity contribution in [2.24, 2.45) is 0 Å². The molecule has 0 radical (unpaired) electrons. The third-order valence-electron chi connectivity index (χ3n) is 4.08. The zero-order valence-electron chi connectivity index (χ0n) is 13.0. The van der Waals surface area contributed by atoms with Crippen LogP contribution in [0.3, 0.4) is 0 Å². The summed E-state index contributed by atoms with van der Waals surface area (Å²) in [6, 6.07) is 9.77. The Hall–Kier alpha value is -1.89. The summed E-state index contributed by atoms with van der Waals surface area (Å²) in [5.41, 5.74) is 0.871. The van der Waals surface area contributed by atoms with E-state index in [1.807, 2.05) is 30.3 Å². The molecule has 124 valence electrons. The number of anilines is 1. The molecule has 23 heavy (non-hydrogen) atoms. The predicted molar refractivity (Wildman–Crippen MR) is 91.3 cm³/mol. The Morgan fingerprint density at radius 2 is 2.00 bits per heavy atom. The lowest BCUT2D eigenvalue weighted by Crippen LogP contribution is -2.51. The van der Waals surface area contributed by atoms with Crippen LogP contribution in [0, 0.1) is 0 Å². The number of hydrogen-bond donors (Lipinski definition) is 2. The average molecular weight is 337 g/mol. The first-order valence-electron chi connectivity index (χ1n) is 7.41. The molecule has 1 fully saturated rings. The number of ether oxygens (including phenoxy) is 1. The topological polar surface area (TPSA) is 68.2 Å². The lowest BCUT2D eigenvalue weighted by molar-refractivity contribution is -0.140. The minimum absolute atomic E-state index is 0. The van der Waals surface area contributed by atoms with Crippen molar-refractivity contribution in [2.45, 2.75) is 18.4 Å². The van der Waals surface area contributed by atoms with Crippen LogP contribution >= 0.6 is 12.4 Å². The van der Waals surface area contributed by atoms with E-state index in [1.54, 1.807) is 24.2 Å². The van der Waals surface area contributed by atoms with Gasteiger partial charge in [0.05, 0.1) is 23.8 Å². The van der Waals surface area contributed by atoms with Gasteiger partial charge in [0.2, 0.25) is 0 Å². The Morgan fingerprint density at radius 1 is 1.30 bits per heavy atom. The Balaban J connectivity index is 0.00000192. The summed E-state index contributed by atoms with van der Waals surface area (Å²) in [7, 11) is 1.60. The van der Waals surface area contributed by atoms with Gasteiger partial charge in [0.25, 0.3) is 5.91 Å². The highest BCUT2D eigenvalue weighted by atomic mass is 35.5. The van der Waals surface area contributed by atoms with Crippen LogP contribution in [0.1, 0.15) is 12.8 Å². The highest BCUT2D eigenvalue weighted by Gasteiger charge is 2.39. The number of carbonyl (C=O) groups excluding carboxylic acids is 1. The van der Waals surface area contributed by atoms with Crippen molar-refractivity contribution in [3.63, 3.8) is 0 Å². The van der Waals surface area contributed by atoms with Crippen LogP contribution in [-0.2, 0) is 9.53 Å². The number of amides is 1. The Labute approximate surface area is 141 Å². The van der Waals surface area contributed by atoms with Crippen LogP contribution in [0.5, 0.6) is 0 Å². The van der Waals surface area contributed by atoms with Gasteiger partial charge in [-0.1, -0.05) is 18.2 Å². The highest BCUT2D eigenvalue weighted by Crippen LogP contribution is 2.24. The fraction of sp³-hybridized carbons (Fsp3) is 0.375. The van der Waals surface area contributed by atoms with Crippen molar-refractivity contribution in [3.8, 4) is 5.69 Å². The van der Waals surface area contributed by atoms with Gasteiger partial charge < -0.3 is 15.4 Å². The summed E-state index contributed by atoms with van der Waals surface area (Å²) in [6.07, 6.45) is 4.79. The standard InChI is InChI=1S/C16H20N4O2.ClH/c1-22-16(7-9-17-10-8-16)15(21)19-13-11-18-20(12-13)14-5-3-2-4-6-14;/h2-6,11-12,17H,7-10H2,1H3,(H,19,21);1H. The summed E-state index contributed by atoms with van der Waals surface area (Å²) in [6.45, 7) is 1.56. The summed E-state index contributed by atoms with van der Waals surface area (Å²) >= 11 is 0. The van der Waals surface area contributed by atoms with Gasteiger partial charge in [0, 0.05) is 7.11 Å². The number of benzene rings is 1. The minimum Gasteiger partial charge on any atom is -0.368 e. The second kappa shape index (κ2) is 7.59. The van der Waals surface area contributed by atoms with Gasteiger partial charge in [-0.2, -0.15) is 5.10 Å². The number of nitrogens with zero attached hydrogens (tertiary/aromatic N) is 2. The van der Waals surface area contributed by atoms with Crippen molar-refractivity contribution < 1.29 is 9.53 Å². The van der Waals surface area contributed by atoms with E-state index >= 15 is 0 Å². The molecule has 0 spiro atoms. The molecule has 3 rings (SSSR count). The molecule has 7 heteroatoms. The maximum Gasteiger partial charge on any atom is 0.256 e. The van der Waals surface area contributed by atoms with E-state index in [1.165, 1.54) is 0 Å². The summed E-state index contributed by atoms with van der Waals surface area (Å²) < 4.78 is 7.26. The summed E-state index contributed by atoms with van der Waals surface area (Å²) in [5.74, 6) is -0.107. The van der Waals surface area contributed by atoms with Crippen LogP contribution in [0.15, 0.2) is 42.7 Å². The first kappa shape index (κ1) is 17.5. The van der Waals surface area contributed by atoms with E-state index in [4.69, 9.17) is 4.74 Å². The maximum absolute atomic E-state index is 12.6. The molecule has 1 aliphatic heterocycles. The van der Waals surface area contributed by atoms with E-state index in [2.05, 4.69) is 15.7 Å². The second-order valence-electron chi connectivity index (χ2n) is 5.41. The fourth-order valence-corrected chi connectivity index (χ4v) is 2.71. The smallest absolute Gasteiger partial charge is 0.256 e. The van der Waals surface area contributed by atoms with Crippen molar-refractivity contribution in [1.82, 2.24) is 15.1 Å². The van der Waals surface area contributed by atoms with E-state index in [0.29, 0.717) is 18.5 Å². The van der Waals surface area contributed by atoms with E-state index in [-0.39, 0.29) is 18.3 Å². The quantitative estimate of drug-likeness (QED) is 0.896. The lowest BCUT2D eigenvalue weighted by Gasteiger charge is -2.34. The Morgan fingerprint density at radius 3 is 2.65 bits per heavy atom. The van der Waals surface area contributed by atoms with Gasteiger partial charge in [-0.3, -0.25) is 4.79 Å². The molecule has 1 saturated heterocycles. The SMILES string of the molecule is COC1(C(=O)Nc2cnn(-c3ccccc3)c2)CCNCC1.Cl. The van der Waals surface area contributed by atoms with Gasteiger partial charge >= 0.3 is 0 Å². The molecular weight excluding hydrogens is 316 g/mol. The van der Waals surface area contributed by atoms with Crippen LogP contribution < -0.4 is 10.6 Å². The molecule has 2 aromatic rings. The lowest BCUT2D eigenvalue weighted by atomic mass is 9.91. The number of hydrogen-bond acceptors (Lipinski definition) is 4. The number of methoxy groups -OCH3 is 1. The van der Waals surface area contributed by atoms with Crippen LogP contribution in [0.25, 0.3) is 5.69 Å². The molecular formula is C16H21ClN4O2. The fourth-order valence-electron chi connectivity index (χ4n) is 2.71.